The minimum atomic E-state index is 0.0884. The van der Waals surface area contributed by atoms with Crippen molar-refractivity contribution in [1.29, 1.82) is 0 Å². The number of rotatable bonds is 3. The maximum atomic E-state index is 8.80. The zero-order valence-electron chi connectivity index (χ0n) is 13.7. The Kier molecular flexibility index (Phi) is 9.64. The molecule has 0 aliphatic heterocycles. The van der Waals surface area contributed by atoms with Crippen molar-refractivity contribution in [2.75, 3.05) is 6.61 Å². The molecule has 0 saturated heterocycles. The third kappa shape index (κ3) is 5.29. The van der Waals surface area contributed by atoms with Gasteiger partial charge in [0.2, 0.25) is 0 Å². The third-order valence-electron chi connectivity index (χ3n) is 2.97. The monoisotopic (exact) mass is 279 g/mol. The van der Waals surface area contributed by atoms with E-state index < -0.39 is 0 Å². The molecule has 0 saturated carbocycles. The van der Waals surface area contributed by atoms with Crippen LogP contribution in [0.5, 0.6) is 0 Å². The van der Waals surface area contributed by atoms with Gasteiger partial charge in [-0.05, 0) is 11.8 Å². The Morgan fingerprint density at radius 1 is 1.15 bits per heavy atom. The first-order chi connectivity index (χ1) is 9.70. The summed E-state index contributed by atoms with van der Waals surface area (Å²) in [6.07, 6.45) is 8.11. The molecule has 1 aromatic heterocycles. The van der Waals surface area contributed by atoms with Crippen molar-refractivity contribution in [2.45, 2.75) is 48.1 Å². The van der Waals surface area contributed by atoms with Crippen LogP contribution in [0.15, 0.2) is 24.6 Å². The van der Waals surface area contributed by atoms with E-state index in [0.717, 1.165) is 11.4 Å². The minimum absolute atomic E-state index is 0.0884. The molecule has 1 N–H and O–H groups in total. The highest BCUT2D eigenvalue weighted by Gasteiger charge is 2.15. The molecule has 20 heavy (non-hydrogen) atoms. The number of allylic oxidation sites excluding steroid dienone is 4. The summed E-state index contributed by atoms with van der Waals surface area (Å²) < 4.78 is 1.66. The number of hydrogen-bond donors (Lipinski definition) is 1. The average molecular weight is 279 g/mol. The lowest BCUT2D eigenvalue weighted by Crippen LogP contribution is -2.07. The summed E-state index contributed by atoms with van der Waals surface area (Å²) in [5, 5.41) is 13.1. The molecule has 1 aliphatic rings. The van der Waals surface area contributed by atoms with Gasteiger partial charge in [-0.25, -0.2) is 4.98 Å². The molecule has 1 aliphatic carbocycles. The molecule has 0 bridgehead atoms. The second-order valence-corrected chi connectivity index (χ2v) is 4.25. The molecule has 4 nitrogen and oxygen atoms in total. The third-order valence-corrected chi connectivity index (χ3v) is 2.97. The van der Waals surface area contributed by atoms with Crippen molar-refractivity contribution in [3.05, 3.63) is 30.4 Å². The van der Waals surface area contributed by atoms with Gasteiger partial charge in [-0.3, -0.25) is 4.68 Å². The lowest BCUT2D eigenvalue weighted by Gasteiger charge is -2.17. The molecule has 0 fully saturated rings. The van der Waals surface area contributed by atoms with Crippen LogP contribution in [0.2, 0.25) is 0 Å². The maximum absolute atomic E-state index is 8.80. The topological polar surface area (TPSA) is 50.9 Å². The summed E-state index contributed by atoms with van der Waals surface area (Å²) in [5.74, 6) is 1.83. The first-order valence-electron chi connectivity index (χ1n) is 7.61. The van der Waals surface area contributed by atoms with Gasteiger partial charge in [0.1, 0.15) is 6.33 Å². The molecular weight excluding hydrogens is 250 g/mol. The van der Waals surface area contributed by atoms with Gasteiger partial charge >= 0.3 is 0 Å². The van der Waals surface area contributed by atoms with Crippen LogP contribution >= 0.6 is 0 Å². The molecule has 0 aromatic carbocycles. The van der Waals surface area contributed by atoms with Gasteiger partial charge in [-0.15, -0.1) is 0 Å². The van der Waals surface area contributed by atoms with E-state index in [1.807, 2.05) is 27.7 Å². The smallest absolute Gasteiger partial charge is 0.180 e. The van der Waals surface area contributed by atoms with Crippen molar-refractivity contribution < 1.29 is 5.11 Å². The fraction of sp³-hybridized carbons (Fsp3) is 0.625. The SMILES string of the molecule is CC.CC.CC1C=CC(c2ncn(CCO)n2)=CC1C. The Morgan fingerprint density at radius 3 is 2.35 bits per heavy atom. The summed E-state index contributed by atoms with van der Waals surface area (Å²) in [4.78, 5) is 4.24. The van der Waals surface area contributed by atoms with Crippen molar-refractivity contribution in [1.82, 2.24) is 14.8 Å². The number of aromatic nitrogens is 3. The average Bonchev–Trinajstić information content (AvgIpc) is 2.95. The Labute approximate surface area is 123 Å². The van der Waals surface area contributed by atoms with Crippen molar-refractivity contribution in [3.63, 3.8) is 0 Å². The van der Waals surface area contributed by atoms with Crippen molar-refractivity contribution in [2.24, 2.45) is 11.8 Å². The van der Waals surface area contributed by atoms with E-state index in [4.69, 9.17) is 5.11 Å². The van der Waals surface area contributed by atoms with Crippen LogP contribution in [0.4, 0.5) is 0 Å². The van der Waals surface area contributed by atoms with Gasteiger partial charge in [0.25, 0.3) is 0 Å². The molecule has 0 spiro atoms. The van der Waals surface area contributed by atoms with E-state index >= 15 is 0 Å². The van der Waals surface area contributed by atoms with E-state index in [2.05, 4.69) is 42.2 Å². The quantitative estimate of drug-likeness (QED) is 0.920. The van der Waals surface area contributed by atoms with E-state index in [1.165, 1.54) is 0 Å². The Morgan fingerprint density at radius 2 is 1.80 bits per heavy atom. The van der Waals surface area contributed by atoms with Crippen LogP contribution in [0, 0.1) is 11.8 Å². The molecule has 2 atom stereocenters. The van der Waals surface area contributed by atoms with Gasteiger partial charge in [0.05, 0.1) is 13.2 Å². The summed E-state index contributed by atoms with van der Waals surface area (Å²) in [5.41, 5.74) is 1.07. The lowest BCUT2D eigenvalue weighted by atomic mass is 9.88. The molecule has 2 rings (SSSR count). The summed E-state index contributed by atoms with van der Waals surface area (Å²) >= 11 is 0. The van der Waals surface area contributed by atoms with Crippen LogP contribution < -0.4 is 0 Å². The normalized spacial score (nSPS) is 20.2. The summed E-state index contributed by atoms with van der Waals surface area (Å²) in [7, 11) is 0. The van der Waals surface area contributed by atoms with Crippen LogP contribution in [0.25, 0.3) is 5.57 Å². The molecule has 4 heteroatoms. The highest BCUT2D eigenvalue weighted by molar-refractivity contribution is 5.70. The van der Waals surface area contributed by atoms with Crippen LogP contribution in [0.1, 0.15) is 47.4 Å². The van der Waals surface area contributed by atoms with E-state index in [9.17, 15) is 0 Å². The van der Waals surface area contributed by atoms with Gasteiger partial charge in [-0.1, -0.05) is 59.8 Å². The standard InChI is InChI=1S/C12H17N3O.2C2H6/c1-9-3-4-11(7-10(9)2)12-13-8-15(14-12)5-6-16;2*1-2/h3-4,7-10,16H,5-6H2,1-2H3;2*1-2H3. The van der Waals surface area contributed by atoms with E-state index in [1.54, 1.807) is 11.0 Å². The van der Waals surface area contributed by atoms with Gasteiger partial charge in [0, 0.05) is 5.57 Å². The predicted octanol–water partition coefficient (Wildman–Crippen LogP) is 3.55. The van der Waals surface area contributed by atoms with Crippen LogP contribution in [-0.2, 0) is 6.54 Å². The first kappa shape index (κ1) is 18.6. The summed E-state index contributed by atoms with van der Waals surface area (Å²) in [6.45, 7) is 13.0. The van der Waals surface area contributed by atoms with Crippen molar-refractivity contribution in [3.8, 4) is 0 Å². The number of aliphatic hydroxyl groups is 1. The Balaban J connectivity index is 0.000000829. The second kappa shape index (κ2) is 10.4. The lowest BCUT2D eigenvalue weighted by molar-refractivity contribution is 0.269. The number of hydrogen-bond acceptors (Lipinski definition) is 3. The fourth-order valence-corrected chi connectivity index (χ4v) is 1.71. The first-order valence-corrected chi connectivity index (χ1v) is 7.61. The minimum Gasteiger partial charge on any atom is -0.394 e. The van der Waals surface area contributed by atoms with E-state index in [0.29, 0.717) is 18.4 Å². The predicted molar refractivity (Wildman–Crippen MR) is 85.2 cm³/mol. The van der Waals surface area contributed by atoms with E-state index in [-0.39, 0.29) is 6.61 Å². The highest BCUT2D eigenvalue weighted by Crippen LogP contribution is 2.25. The molecule has 1 heterocycles. The number of nitrogens with zero attached hydrogens (tertiary/aromatic N) is 3. The van der Waals surface area contributed by atoms with Crippen molar-refractivity contribution >= 4 is 5.57 Å². The highest BCUT2D eigenvalue weighted by atomic mass is 16.3. The zero-order valence-corrected chi connectivity index (χ0v) is 13.7. The fourth-order valence-electron chi connectivity index (χ4n) is 1.71. The van der Waals surface area contributed by atoms with Gasteiger partial charge in [-0.2, -0.15) is 5.10 Å². The molecule has 0 radical (unpaired) electrons. The largest absolute Gasteiger partial charge is 0.394 e. The van der Waals surface area contributed by atoms with Gasteiger partial charge in [0.15, 0.2) is 5.82 Å². The molecule has 2 unspecified atom stereocenters. The van der Waals surface area contributed by atoms with Crippen LogP contribution in [-0.4, -0.2) is 26.5 Å². The second-order valence-electron chi connectivity index (χ2n) is 4.25. The Hall–Kier alpha value is -1.42. The molecule has 114 valence electrons. The zero-order chi connectivity index (χ0) is 15.5. The molecular formula is C16H29N3O. The molecule has 0 amide bonds. The van der Waals surface area contributed by atoms with Gasteiger partial charge < -0.3 is 5.11 Å². The molecule has 1 aromatic rings. The Bertz CT molecular complexity index is 421. The van der Waals surface area contributed by atoms with Crippen LogP contribution in [0.3, 0.4) is 0 Å². The number of aliphatic hydroxyl groups excluding tert-OH is 1. The summed E-state index contributed by atoms with van der Waals surface area (Å²) in [6, 6.07) is 0. The maximum Gasteiger partial charge on any atom is 0.180 e.